The Balaban J connectivity index is 2.32. The van der Waals surface area contributed by atoms with Crippen molar-refractivity contribution in [3.63, 3.8) is 0 Å². The summed E-state index contributed by atoms with van der Waals surface area (Å²) in [7, 11) is 0. The van der Waals surface area contributed by atoms with Gasteiger partial charge in [0.1, 0.15) is 0 Å². The van der Waals surface area contributed by atoms with Crippen molar-refractivity contribution in [2.45, 2.75) is 25.8 Å². The van der Waals surface area contributed by atoms with Gasteiger partial charge in [0.05, 0.1) is 0 Å². The number of rotatable bonds is 4. The van der Waals surface area contributed by atoms with Crippen molar-refractivity contribution in [1.82, 2.24) is 20.2 Å². The Morgan fingerprint density at radius 1 is 1.59 bits per heavy atom. The monoisotopic (exact) mass is 252 g/mol. The number of hydrogen-bond acceptors (Lipinski definition) is 5. The summed E-state index contributed by atoms with van der Waals surface area (Å²) < 4.78 is 1.35. The number of thiophene rings is 1. The van der Waals surface area contributed by atoms with E-state index < -0.39 is 11.5 Å². The Kier molecular flexibility index (Phi) is 2.93. The quantitative estimate of drug-likeness (QED) is 0.882. The molecule has 0 aliphatic heterocycles. The number of carboxylic acids is 1. The van der Waals surface area contributed by atoms with Crippen molar-refractivity contribution in [1.29, 1.82) is 0 Å². The second-order valence-electron chi connectivity index (χ2n) is 4.18. The van der Waals surface area contributed by atoms with Crippen molar-refractivity contribution in [2.75, 3.05) is 0 Å². The average Bonchev–Trinajstić information content (AvgIpc) is 2.89. The van der Waals surface area contributed by atoms with E-state index in [2.05, 4.69) is 15.5 Å². The fraction of sp³-hybridized carbons (Fsp3) is 0.400. The van der Waals surface area contributed by atoms with Gasteiger partial charge in [0, 0.05) is 6.42 Å². The molecule has 0 radical (unpaired) electrons. The van der Waals surface area contributed by atoms with E-state index in [1.54, 1.807) is 25.2 Å². The molecule has 0 aliphatic rings. The summed E-state index contributed by atoms with van der Waals surface area (Å²) in [5, 5.41) is 24.3. The normalized spacial score (nSPS) is 11.6. The highest BCUT2D eigenvalue weighted by molar-refractivity contribution is 7.07. The molecule has 0 saturated carbocycles. The van der Waals surface area contributed by atoms with Gasteiger partial charge in [-0.15, -0.1) is 5.10 Å². The number of hydrogen-bond donors (Lipinski definition) is 1. The lowest BCUT2D eigenvalue weighted by molar-refractivity contribution is -0.146. The third kappa shape index (κ3) is 2.19. The molecule has 7 heteroatoms. The predicted octanol–water partition coefficient (Wildman–Crippen LogP) is 1.15. The van der Waals surface area contributed by atoms with Gasteiger partial charge in [-0.05, 0) is 46.7 Å². The molecule has 2 aromatic heterocycles. The average molecular weight is 252 g/mol. The van der Waals surface area contributed by atoms with Crippen molar-refractivity contribution in [3.8, 4) is 0 Å². The Bertz CT molecular complexity index is 518. The standard InChI is InChI=1S/C10H12N4O2S/c1-10(2,9(15)16)14-8(11-12-13-14)5-7-3-4-17-6-7/h3-4,6H,5H2,1-2H3,(H,15,16). The highest BCUT2D eigenvalue weighted by Crippen LogP contribution is 2.18. The molecule has 17 heavy (non-hydrogen) atoms. The molecule has 90 valence electrons. The van der Waals surface area contributed by atoms with Crippen molar-refractivity contribution in [3.05, 3.63) is 28.2 Å². The van der Waals surface area contributed by atoms with Gasteiger partial charge in [-0.1, -0.05) is 0 Å². The van der Waals surface area contributed by atoms with Crippen molar-refractivity contribution < 1.29 is 9.90 Å². The van der Waals surface area contributed by atoms with Crippen LogP contribution in [0.25, 0.3) is 0 Å². The lowest BCUT2D eigenvalue weighted by atomic mass is 10.1. The number of carboxylic acid groups (broad SMARTS) is 1. The first kappa shape index (κ1) is 11.7. The summed E-state index contributed by atoms with van der Waals surface area (Å²) in [6.07, 6.45) is 0.535. The molecule has 0 fully saturated rings. The van der Waals surface area contributed by atoms with Crippen LogP contribution in [0.1, 0.15) is 25.2 Å². The molecular formula is C10H12N4O2S. The van der Waals surface area contributed by atoms with E-state index >= 15 is 0 Å². The Morgan fingerprint density at radius 2 is 2.35 bits per heavy atom. The maximum absolute atomic E-state index is 11.2. The largest absolute Gasteiger partial charge is 0.479 e. The lowest BCUT2D eigenvalue weighted by Gasteiger charge is -2.20. The third-order valence-electron chi connectivity index (χ3n) is 2.53. The molecule has 0 amide bonds. The Hall–Kier alpha value is -1.76. The SMILES string of the molecule is CC(C)(C(=O)O)n1nnnc1Cc1ccsc1. The minimum absolute atomic E-state index is 0.535. The van der Waals surface area contributed by atoms with E-state index in [1.165, 1.54) is 4.68 Å². The molecule has 1 N–H and O–H groups in total. The van der Waals surface area contributed by atoms with Crippen LogP contribution >= 0.6 is 11.3 Å². The van der Waals surface area contributed by atoms with Gasteiger partial charge >= 0.3 is 5.97 Å². The molecule has 2 heterocycles. The van der Waals surface area contributed by atoms with E-state index in [4.69, 9.17) is 5.11 Å². The summed E-state index contributed by atoms with van der Waals surface area (Å²) in [6.45, 7) is 3.14. The van der Waals surface area contributed by atoms with E-state index in [9.17, 15) is 4.79 Å². The topological polar surface area (TPSA) is 80.9 Å². The van der Waals surface area contributed by atoms with Gasteiger partial charge in [0.15, 0.2) is 11.4 Å². The van der Waals surface area contributed by atoms with E-state index in [0.717, 1.165) is 5.56 Å². The smallest absolute Gasteiger partial charge is 0.331 e. The summed E-state index contributed by atoms with van der Waals surface area (Å²) in [5.74, 6) is -0.410. The molecular weight excluding hydrogens is 240 g/mol. The molecule has 2 aromatic rings. The summed E-state index contributed by atoms with van der Waals surface area (Å²) in [4.78, 5) is 11.2. The number of aliphatic carboxylic acids is 1. The van der Waals surface area contributed by atoms with Crippen LogP contribution in [0.2, 0.25) is 0 Å². The van der Waals surface area contributed by atoms with Crippen LogP contribution in [0.3, 0.4) is 0 Å². The molecule has 0 unspecified atom stereocenters. The van der Waals surface area contributed by atoms with Gasteiger partial charge < -0.3 is 5.11 Å². The number of aromatic nitrogens is 4. The third-order valence-corrected chi connectivity index (χ3v) is 3.26. The zero-order chi connectivity index (χ0) is 12.5. The first-order chi connectivity index (χ1) is 8.01. The molecule has 0 spiro atoms. The number of nitrogens with zero attached hydrogens (tertiary/aromatic N) is 4. The van der Waals surface area contributed by atoms with E-state index in [-0.39, 0.29) is 0 Å². The predicted molar refractivity (Wildman–Crippen MR) is 61.9 cm³/mol. The van der Waals surface area contributed by atoms with Crippen LogP contribution < -0.4 is 0 Å². The Morgan fingerprint density at radius 3 is 2.94 bits per heavy atom. The summed E-state index contributed by atoms with van der Waals surface area (Å²) >= 11 is 1.59. The zero-order valence-corrected chi connectivity index (χ0v) is 10.3. The summed E-state index contributed by atoms with van der Waals surface area (Å²) in [5.41, 5.74) is -0.0678. The minimum atomic E-state index is -1.14. The van der Waals surface area contributed by atoms with Gasteiger partial charge in [-0.2, -0.15) is 11.3 Å². The number of tetrazole rings is 1. The lowest BCUT2D eigenvalue weighted by Crippen LogP contribution is -2.38. The minimum Gasteiger partial charge on any atom is -0.479 e. The van der Waals surface area contributed by atoms with Crippen LogP contribution in [0.5, 0.6) is 0 Å². The maximum Gasteiger partial charge on any atom is 0.331 e. The molecule has 0 atom stereocenters. The maximum atomic E-state index is 11.2. The van der Waals surface area contributed by atoms with E-state index in [1.807, 2.05) is 16.8 Å². The van der Waals surface area contributed by atoms with Crippen molar-refractivity contribution >= 4 is 17.3 Å². The summed E-state index contributed by atoms with van der Waals surface area (Å²) in [6, 6.07) is 1.97. The first-order valence-electron chi connectivity index (χ1n) is 5.04. The van der Waals surface area contributed by atoms with Crippen molar-refractivity contribution in [2.24, 2.45) is 0 Å². The zero-order valence-electron chi connectivity index (χ0n) is 9.49. The van der Waals surface area contributed by atoms with Crippen LogP contribution in [0.15, 0.2) is 16.8 Å². The van der Waals surface area contributed by atoms with Crippen LogP contribution in [0, 0.1) is 0 Å². The fourth-order valence-corrected chi connectivity index (χ4v) is 2.09. The Labute approximate surface area is 102 Å². The van der Waals surface area contributed by atoms with Gasteiger partial charge in [-0.25, -0.2) is 9.48 Å². The molecule has 0 saturated heterocycles. The highest BCUT2D eigenvalue weighted by atomic mass is 32.1. The van der Waals surface area contributed by atoms with E-state index in [0.29, 0.717) is 12.2 Å². The first-order valence-corrected chi connectivity index (χ1v) is 5.98. The van der Waals surface area contributed by atoms with Crippen LogP contribution in [-0.4, -0.2) is 31.3 Å². The second-order valence-corrected chi connectivity index (χ2v) is 4.96. The molecule has 2 rings (SSSR count). The second kappa shape index (κ2) is 4.25. The molecule has 6 nitrogen and oxygen atoms in total. The van der Waals surface area contributed by atoms with Crippen LogP contribution in [0.4, 0.5) is 0 Å². The molecule has 0 bridgehead atoms. The van der Waals surface area contributed by atoms with Gasteiger partial charge in [-0.3, -0.25) is 0 Å². The van der Waals surface area contributed by atoms with Crippen LogP contribution in [-0.2, 0) is 16.8 Å². The number of carbonyl (C=O) groups is 1. The molecule has 0 aliphatic carbocycles. The molecule has 0 aromatic carbocycles. The highest BCUT2D eigenvalue weighted by Gasteiger charge is 2.33. The fourth-order valence-electron chi connectivity index (χ4n) is 1.42. The van der Waals surface area contributed by atoms with Gasteiger partial charge in [0.2, 0.25) is 0 Å². The van der Waals surface area contributed by atoms with Gasteiger partial charge in [0.25, 0.3) is 0 Å².